The second kappa shape index (κ2) is 6.23. The highest BCUT2D eigenvalue weighted by molar-refractivity contribution is 5.16. The molecule has 1 aromatic carbocycles. The fourth-order valence-electron chi connectivity index (χ4n) is 3.99. The Bertz CT molecular complexity index is 417. The maximum Gasteiger partial charge on any atom is 0.123 e. The van der Waals surface area contributed by atoms with E-state index in [1.54, 1.807) is 12.1 Å². The lowest BCUT2D eigenvalue weighted by molar-refractivity contribution is 0.0180. The van der Waals surface area contributed by atoms with E-state index in [1.165, 1.54) is 37.7 Å². The van der Waals surface area contributed by atoms with Crippen LogP contribution in [-0.4, -0.2) is 29.6 Å². The molecule has 3 heteroatoms. The van der Waals surface area contributed by atoms with Gasteiger partial charge in [0.2, 0.25) is 0 Å². The van der Waals surface area contributed by atoms with Gasteiger partial charge in [-0.15, -0.1) is 0 Å². The van der Waals surface area contributed by atoms with E-state index in [0.717, 1.165) is 13.1 Å². The van der Waals surface area contributed by atoms with Gasteiger partial charge in [-0.3, -0.25) is 4.90 Å². The number of nitrogens with one attached hydrogen (secondary N) is 1. The summed E-state index contributed by atoms with van der Waals surface area (Å²) in [6, 6.07) is 9.13. The van der Waals surface area contributed by atoms with Crippen LogP contribution in [0.5, 0.6) is 0 Å². The van der Waals surface area contributed by atoms with Crippen molar-refractivity contribution in [3.8, 4) is 0 Å². The predicted molar refractivity (Wildman–Crippen MR) is 80.1 cm³/mol. The number of benzene rings is 1. The van der Waals surface area contributed by atoms with Crippen LogP contribution < -0.4 is 5.32 Å². The third-order valence-corrected chi connectivity index (χ3v) is 4.90. The molecule has 110 valence electrons. The van der Waals surface area contributed by atoms with Crippen molar-refractivity contribution in [3.63, 3.8) is 0 Å². The maximum atomic E-state index is 13.0. The molecule has 0 aromatic heterocycles. The van der Waals surface area contributed by atoms with Crippen LogP contribution in [-0.2, 0) is 6.54 Å². The van der Waals surface area contributed by atoms with Crippen molar-refractivity contribution in [1.82, 2.24) is 10.2 Å². The van der Waals surface area contributed by atoms with Gasteiger partial charge < -0.3 is 5.32 Å². The summed E-state index contributed by atoms with van der Waals surface area (Å²) in [5, 5.41) is 3.63. The third-order valence-electron chi connectivity index (χ3n) is 4.90. The van der Waals surface area contributed by atoms with Gasteiger partial charge >= 0.3 is 0 Å². The van der Waals surface area contributed by atoms with Crippen LogP contribution in [0.1, 0.15) is 44.6 Å². The Hall–Kier alpha value is -0.930. The molecular formula is C17H25FN2. The summed E-state index contributed by atoms with van der Waals surface area (Å²) >= 11 is 0. The molecule has 0 saturated carbocycles. The second-order valence-electron chi connectivity index (χ2n) is 6.26. The largest absolute Gasteiger partial charge is 0.314 e. The fraction of sp³-hybridized carbons (Fsp3) is 0.647. The van der Waals surface area contributed by atoms with E-state index in [9.17, 15) is 4.39 Å². The van der Waals surface area contributed by atoms with Crippen molar-refractivity contribution in [1.29, 1.82) is 0 Å². The zero-order valence-corrected chi connectivity index (χ0v) is 12.3. The Morgan fingerprint density at radius 1 is 1.15 bits per heavy atom. The molecule has 0 amide bonds. The Morgan fingerprint density at radius 2 is 1.80 bits per heavy atom. The number of fused-ring (bicyclic) bond motifs is 2. The normalized spacial score (nSPS) is 30.4. The van der Waals surface area contributed by atoms with E-state index >= 15 is 0 Å². The zero-order chi connectivity index (χ0) is 13.9. The topological polar surface area (TPSA) is 15.3 Å². The minimum atomic E-state index is -0.139. The summed E-state index contributed by atoms with van der Waals surface area (Å²) in [6.07, 6.45) is 6.55. The summed E-state index contributed by atoms with van der Waals surface area (Å²) in [6.45, 7) is 4.25. The average molecular weight is 276 g/mol. The van der Waals surface area contributed by atoms with Crippen molar-refractivity contribution < 1.29 is 4.39 Å². The van der Waals surface area contributed by atoms with E-state index in [-0.39, 0.29) is 5.82 Å². The quantitative estimate of drug-likeness (QED) is 0.907. The van der Waals surface area contributed by atoms with E-state index in [4.69, 9.17) is 0 Å². The molecule has 3 rings (SSSR count). The SMILES string of the molecule is CCNC1CC2CCCC(C1)N2Cc1ccc(F)cc1. The molecule has 1 N–H and O–H groups in total. The van der Waals surface area contributed by atoms with Crippen molar-refractivity contribution in [2.24, 2.45) is 0 Å². The minimum Gasteiger partial charge on any atom is -0.314 e. The number of piperidine rings is 2. The summed E-state index contributed by atoms with van der Waals surface area (Å²) in [5.74, 6) is -0.139. The molecule has 2 aliphatic heterocycles. The van der Waals surface area contributed by atoms with E-state index in [1.807, 2.05) is 12.1 Å². The summed E-state index contributed by atoms with van der Waals surface area (Å²) in [5.41, 5.74) is 1.24. The van der Waals surface area contributed by atoms with Gasteiger partial charge in [0.1, 0.15) is 5.82 Å². The van der Waals surface area contributed by atoms with Crippen molar-refractivity contribution in [2.75, 3.05) is 6.54 Å². The first-order valence-corrected chi connectivity index (χ1v) is 8.00. The predicted octanol–water partition coefficient (Wildman–Crippen LogP) is 3.32. The van der Waals surface area contributed by atoms with Gasteiger partial charge in [-0.1, -0.05) is 25.5 Å². The monoisotopic (exact) mass is 276 g/mol. The number of hydrogen-bond donors (Lipinski definition) is 1. The molecule has 20 heavy (non-hydrogen) atoms. The van der Waals surface area contributed by atoms with Gasteiger partial charge in [-0.25, -0.2) is 4.39 Å². The van der Waals surface area contributed by atoms with E-state index in [0.29, 0.717) is 18.1 Å². The van der Waals surface area contributed by atoms with Gasteiger partial charge in [0.25, 0.3) is 0 Å². The first kappa shape index (κ1) is 14.0. The molecular weight excluding hydrogens is 251 g/mol. The zero-order valence-electron chi connectivity index (χ0n) is 12.3. The van der Waals surface area contributed by atoms with Crippen LogP contribution in [0.3, 0.4) is 0 Å². The molecule has 2 atom stereocenters. The van der Waals surface area contributed by atoms with Crippen LogP contribution >= 0.6 is 0 Å². The molecule has 2 nitrogen and oxygen atoms in total. The lowest BCUT2D eigenvalue weighted by Crippen LogP contribution is -2.55. The molecule has 2 bridgehead atoms. The summed E-state index contributed by atoms with van der Waals surface area (Å²) in [7, 11) is 0. The van der Waals surface area contributed by atoms with Gasteiger partial charge in [-0.2, -0.15) is 0 Å². The Morgan fingerprint density at radius 3 is 2.40 bits per heavy atom. The minimum absolute atomic E-state index is 0.139. The van der Waals surface area contributed by atoms with Crippen molar-refractivity contribution in [3.05, 3.63) is 35.6 Å². The first-order chi connectivity index (χ1) is 9.76. The second-order valence-corrected chi connectivity index (χ2v) is 6.26. The molecule has 0 radical (unpaired) electrons. The Kier molecular flexibility index (Phi) is 4.37. The highest BCUT2D eigenvalue weighted by Gasteiger charge is 2.37. The van der Waals surface area contributed by atoms with Crippen LogP contribution in [0, 0.1) is 5.82 Å². The van der Waals surface area contributed by atoms with Gasteiger partial charge in [0.15, 0.2) is 0 Å². The third kappa shape index (κ3) is 3.04. The van der Waals surface area contributed by atoms with E-state index in [2.05, 4.69) is 17.1 Å². The number of hydrogen-bond acceptors (Lipinski definition) is 2. The Labute approximate surface area is 121 Å². The van der Waals surface area contributed by atoms with Gasteiger partial charge in [-0.05, 0) is 49.9 Å². The first-order valence-electron chi connectivity index (χ1n) is 8.00. The standard InChI is InChI=1S/C17H25FN2/c1-2-19-15-10-16-4-3-5-17(11-15)20(16)12-13-6-8-14(18)9-7-13/h6-9,15-17,19H,2-5,10-12H2,1H3. The van der Waals surface area contributed by atoms with E-state index < -0.39 is 0 Å². The van der Waals surface area contributed by atoms with Crippen LogP contribution in [0.25, 0.3) is 0 Å². The average Bonchev–Trinajstić information content (AvgIpc) is 2.42. The van der Waals surface area contributed by atoms with Crippen molar-refractivity contribution in [2.45, 2.75) is 63.7 Å². The molecule has 1 aromatic rings. The number of rotatable bonds is 4. The lowest BCUT2D eigenvalue weighted by Gasteiger charge is -2.49. The molecule has 2 saturated heterocycles. The highest BCUT2D eigenvalue weighted by atomic mass is 19.1. The maximum absolute atomic E-state index is 13.0. The molecule has 2 fully saturated rings. The van der Waals surface area contributed by atoms with Crippen LogP contribution in [0.15, 0.2) is 24.3 Å². The fourth-order valence-corrected chi connectivity index (χ4v) is 3.99. The smallest absolute Gasteiger partial charge is 0.123 e. The van der Waals surface area contributed by atoms with Crippen LogP contribution in [0.4, 0.5) is 4.39 Å². The number of halogens is 1. The summed E-state index contributed by atoms with van der Waals surface area (Å²) in [4.78, 5) is 2.67. The van der Waals surface area contributed by atoms with Crippen LogP contribution in [0.2, 0.25) is 0 Å². The van der Waals surface area contributed by atoms with Gasteiger partial charge in [0.05, 0.1) is 0 Å². The summed E-state index contributed by atoms with van der Waals surface area (Å²) < 4.78 is 13.0. The highest BCUT2D eigenvalue weighted by Crippen LogP contribution is 2.35. The molecule has 0 aliphatic carbocycles. The molecule has 2 aliphatic rings. The van der Waals surface area contributed by atoms with Gasteiger partial charge in [0, 0.05) is 24.7 Å². The van der Waals surface area contributed by atoms with Crippen molar-refractivity contribution >= 4 is 0 Å². The molecule has 0 spiro atoms. The lowest BCUT2D eigenvalue weighted by atomic mass is 9.81. The molecule has 2 unspecified atom stereocenters. The Balaban J connectivity index is 1.68. The number of nitrogens with zero attached hydrogens (tertiary/aromatic N) is 1. The molecule has 2 heterocycles.